The van der Waals surface area contributed by atoms with E-state index in [9.17, 15) is 14.7 Å². The summed E-state index contributed by atoms with van der Waals surface area (Å²) in [5, 5.41) is 24.0. The second-order valence-electron chi connectivity index (χ2n) is 6.05. The summed E-state index contributed by atoms with van der Waals surface area (Å²) in [4.78, 5) is 22.0. The number of phenols is 1. The number of thioether (sulfide) groups is 1. The van der Waals surface area contributed by atoms with Gasteiger partial charge in [-0.2, -0.15) is 11.8 Å². The van der Waals surface area contributed by atoms with E-state index in [-0.39, 0.29) is 23.6 Å². The fraction of sp³-hybridized carbons (Fsp3) is 0.579. The Kier molecular flexibility index (Phi) is 12.4. The van der Waals surface area contributed by atoms with Crippen molar-refractivity contribution in [1.29, 1.82) is 0 Å². The molecular formula is C19H30N2O4S. The van der Waals surface area contributed by atoms with Gasteiger partial charge in [-0.25, -0.2) is 0 Å². The molecule has 1 fully saturated rings. The first-order chi connectivity index (χ1) is 12.6. The lowest BCUT2D eigenvalue weighted by Crippen LogP contribution is -2.24. The maximum Gasteiger partial charge on any atom is 0.303 e. The first-order valence-corrected chi connectivity index (χ1v) is 10.3. The van der Waals surface area contributed by atoms with Crippen molar-refractivity contribution in [3.05, 3.63) is 29.8 Å². The zero-order chi connectivity index (χ0) is 19.0. The van der Waals surface area contributed by atoms with Gasteiger partial charge in [0.1, 0.15) is 5.75 Å². The molecule has 1 heterocycles. The second kappa shape index (κ2) is 14.4. The largest absolute Gasteiger partial charge is 0.507 e. The normalized spacial score (nSPS) is 13.4. The lowest BCUT2D eigenvalue weighted by Gasteiger charge is -2.08. The molecule has 0 radical (unpaired) electrons. The number of hydrogen-bond donors (Lipinski definition) is 4. The van der Waals surface area contributed by atoms with Gasteiger partial charge >= 0.3 is 5.97 Å². The number of carbonyl (C=O) groups excluding carboxylic acids is 1. The molecule has 1 saturated heterocycles. The molecular weight excluding hydrogens is 352 g/mol. The van der Waals surface area contributed by atoms with E-state index in [0.29, 0.717) is 13.0 Å². The summed E-state index contributed by atoms with van der Waals surface area (Å²) in [7, 11) is 0. The predicted octanol–water partition coefficient (Wildman–Crippen LogP) is 2.87. The maximum atomic E-state index is 11.7. The van der Waals surface area contributed by atoms with Gasteiger partial charge in [-0.1, -0.05) is 31.4 Å². The van der Waals surface area contributed by atoms with Crippen molar-refractivity contribution in [1.82, 2.24) is 10.6 Å². The lowest BCUT2D eigenvalue weighted by molar-refractivity contribution is -0.137. The molecule has 0 atom stereocenters. The van der Waals surface area contributed by atoms with Crippen molar-refractivity contribution in [3.63, 3.8) is 0 Å². The van der Waals surface area contributed by atoms with Crippen LogP contribution in [0.15, 0.2) is 24.3 Å². The predicted molar refractivity (Wildman–Crippen MR) is 106 cm³/mol. The number of aliphatic carboxylic acids is 1. The second-order valence-corrected chi connectivity index (χ2v) is 7.27. The van der Waals surface area contributed by atoms with Crippen LogP contribution in [-0.2, 0) is 4.79 Å². The zero-order valence-electron chi connectivity index (χ0n) is 15.2. The van der Waals surface area contributed by atoms with Gasteiger partial charge in [-0.3, -0.25) is 9.59 Å². The van der Waals surface area contributed by atoms with Gasteiger partial charge < -0.3 is 20.8 Å². The number of phenolic OH excluding ortho intramolecular Hbond substituents is 1. The average Bonchev–Trinajstić information content (AvgIpc) is 2.66. The molecule has 1 aliphatic heterocycles. The van der Waals surface area contributed by atoms with Crippen molar-refractivity contribution < 1.29 is 19.8 Å². The molecule has 1 aromatic carbocycles. The lowest BCUT2D eigenvalue weighted by atomic mass is 10.1. The maximum absolute atomic E-state index is 11.7. The summed E-state index contributed by atoms with van der Waals surface area (Å²) in [5.41, 5.74) is 0.286. The monoisotopic (exact) mass is 382 g/mol. The Bertz CT molecular complexity index is 525. The number of carboxylic acids is 1. The van der Waals surface area contributed by atoms with Crippen LogP contribution in [0.25, 0.3) is 0 Å². The third kappa shape index (κ3) is 11.0. The van der Waals surface area contributed by atoms with Crippen LogP contribution in [0.1, 0.15) is 48.9 Å². The summed E-state index contributed by atoms with van der Waals surface area (Å²) in [6, 6.07) is 6.44. The van der Waals surface area contributed by atoms with Crippen molar-refractivity contribution >= 4 is 23.6 Å². The molecule has 2 rings (SSSR count). The van der Waals surface area contributed by atoms with Gasteiger partial charge in [0.25, 0.3) is 5.91 Å². The third-order valence-electron chi connectivity index (χ3n) is 3.85. The van der Waals surface area contributed by atoms with Gasteiger partial charge in [0.2, 0.25) is 0 Å². The summed E-state index contributed by atoms with van der Waals surface area (Å²) < 4.78 is 0. The minimum atomic E-state index is -0.750. The zero-order valence-corrected chi connectivity index (χ0v) is 16.0. The Balaban J connectivity index is 0.000000472. The van der Waals surface area contributed by atoms with E-state index < -0.39 is 5.97 Å². The molecule has 6 nitrogen and oxygen atoms in total. The Morgan fingerprint density at radius 1 is 1.04 bits per heavy atom. The number of hydrogen-bond acceptors (Lipinski definition) is 5. The Morgan fingerprint density at radius 2 is 1.69 bits per heavy atom. The fourth-order valence-corrected chi connectivity index (χ4v) is 3.19. The van der Waals surface area contributed by atoms with E-state index in [0.717, 1.165) is 25.7 Å². The molecule has 1 amide bonds. The molecule has 0 unspecified atom stereocenters. The van der Waals surface area contributed by atoms with Crippen LogP contribution < -0.4 is 10.6 Å². The van der Waals surface area contributed by atoms with Crippen molar-refractivity contribution in [2.24, 2.45) is 0 Å². The van der Waals surface area contributed by atoms with E-state index in [1.165, 1.54) is 30.7 Å². The first kappa shape index (κ1) is 22.3. The summed E-state index contributed by atoms with van der Waals surface area (Å²) in [5.74, 6) is 1.58. The number of unbranched alkanes of at least 4 members (excludes halogenated alkanes) is 4. The number of carboxylic acid groups (broad SMARTS) is 1. The smallest absolute Gasteiger partial charge is 0.303 e. The van der Waals surface area contributed by atoms with Crippen molar-refractivity contribution in [2.45, 2.75) is 38.5 Å². The highest BCUT2D eigenvalue weighted by atomic mass is 32.2. The minimum Gasteiger partial charge on any atom is -0.507 e. The van der Waals surface area contributed by atoms with E-state index in [1.807, 2.05) is 11.8 Å². The van der Waals surface area contributed by atoms with Gasteiger partial charge in [0.05, 0.1) is 5.56 Å². The number of para-hydroxylation sites is 1. The molecule has 7 heteroatoms. The molecule has 0 spiro atoms. The van der Waals surface area contributed by atoms with E-state index in [4.69, 9.17) is 5.11 Å². The summed E-state index contributed by atoms with van der Waals surface area (Å²) in [6.07, 6.45) is 4.62. The van der Waals surface area contributed by atoms with Crippen LogP contribution >= 0.6 is 11.8 Å². The number of nitrogens with one attached hydrogen (secondary N) is 2. The highest BCUT2D eigenvalue weighted by Gasteiger charge is 2.08. The minimum absolute atomic E-state index is 0.0151. The standard InChI is InChI=1S/C15H21NO4.C4H9NS/c17-13-9-6-5-8-12(13)15(20)16-11-7-3-1-2-4-10-14(18)19;1-3-6-4-2-5-1/h5-6,8-9,17H,1-4,7,10-11H2,(H,16,20)(H,18,19);5H,1-4H2. The van der Waals surface area contributed by atoms with E-state index >= 15 is 0 Å². The molecule has 146 valence electrons. The van der Waals surface area contributed by atoms with Crippen LogP contribution in [0.3, 0.4) is 0 Å². The van der Waals surface area contributed by atoms with E-state index in [2.05, 4.69) is 10.6 Å². The van der Waals surface area contributed by atoms with Crippen LogP contribution in [0.5, 0.6) is 5.75 Å². The van der Waals surface area contributed by atoms with Crippen molar-refractivity contribution in [3.8, 4) is 5.75 Å². The molecule has 0 bridgehead atoms. The summed E-state index contributed by atoms with van der Waals surface area (Å²) in [6.45, 7) is 2.99. The van der Waals surface area contributed by atoms with Gasteiger partial charge in [-0.15, -0.1) is 0 Å². The summed E-state index contributed by atoms with van der Waals surface area (Å²) >= 11 is 2.03. The number of amides is 1. The highest BCUT2D eigenvalue weighted by molar-refractivity contribution is 7.99. The van der Waals surface area contributed by atoms with Crippen LogP contribution in [0.2, 0.25) is 0 Å². The van der Waals surface area contributed by atoms with E-state index in [1.54, 1.807) is 18.2 Å². The van der Waals surface area contributed by atoms with Gasteiger partial charge in [0.15, 0.2) is 0 Å². The van der Waals surface area contributed by atoms with Crippen LogP contribution in [0.4, 0.5) is 0 Å². The number of carbonyl (C=O) groups is 2. The molecule has 0 aliphatic carbocycles. The molecule has 1 aliphatic rings. The molecule has 0 saturated carbocycles. The molecule has 26 heavy (non-hydrogen) atoms. The van der Waals surface area contributed by atoms with Gasteiger partial charge in [-0.05, 0) is 25.0 Å². The van der Waals surface area contributed by atoms with Gasteiger partial charge in [0, 0.05) is 37.6 Å². The fourth-order valence-electron chi connectivity index (χ4n) is 2.41. The quantitative estimate of drug-likeness (QED) is 0.490. The van der Waals surface area contributed by atoms with Crippen molar-refractivity contribution in [2.75, 3.05) is 31.1 Å². The molecule has 4 N–H and O–H groups in total. The van der Waals surface area contributed by atoms with Crippen LogP contribution in [0, 0.1) is 0 Å². The Labute approximate surface area is 159 Å². The topological polar surface area (TPSA) is 98.7 Å². The number of aromatic hydroxyl groups is 1. The average molecular weight is 383 g/mol. The Hall–Kier alpha value is -1.73. The molecule has 0 aromatic heterocycles. The first-order valence-electron chi connectivity index (χ1n) is 9.17. The SMILES string of the molecule is C1CSCCN1.O=C(O)CCCCCCCNC(=O)c1ccccc1O. The Morgan fingerprint density at radius 3 is 2.27 bits per heavy atom. The number of rotatable bonds is 9. The van der Waals surface area contributed by atoms with Crippen LogP contribution in [-0.4, -0.2) is 53.2 Å². The highest BCUT2D eigenvalue weighted by Crippen LogP contribution is 2.15. The molecule has 1 aromatic rings. The third-order valence-corrected chi connectivity index (χ3v) is 4.83. The number of benzene rings is 1.